The molecule has 24 heavy (non-hydrogen) atoms. The van der Waals surface area contributed by atoms with Gasteiger partial charge in [-0.3, -0.25) is 9.59 Å². The summed E-state index contributed by atoms with van der Waals surface area (Å²) in [5.74, 6) is -0.106. The van der Waals surface area contributed by atoms with E-state index in [1.807, 2.05) is 47.4 Å². The Kier molecular flexibility index (Phi) is 4.75. The van der Waals surface area contributed by atoms with Gasteiger partial charge in [0.15, 0.2) is 0 Å². The standard InChI is InChI=1S/C20H20N2O2/c1-15(23)21-18-11-8-16(9-12-18)10-13-20(24)22-14-4-6-17-5-2-3-7-19(17)22/h2-3,5,7-13H,4,6,14H2,1H3,(H,21,23)/b13-10+. The maximum Gasteiger partial charge on any atom is 0.250 e. The van der Waals surface area contributed by atoms with E-state index < -0.39 is 0 Å². The van der Waals surface area contributed by atoms with Gasteiger partial charge in [-0.25, -0.2) is 0 Å². The Labute approximate surface area is 141 Å². The first-order chi connectivity index (χ1) is 11.6. The number of nitrogens with zero attached hydrogens (tertiary/aromatic N) is 1. The van der Waals surface area contributed by atoms with Gasteiger partial charge in [-0.2, -0.15) is 0 Å². The Morgan fingerprint density at radius 2 is 1.83 bits per heavy atom. The first-order valence-electron chi connectivity index (χ1n) is 8.08. The topological polar surface area (TPSA) is 49.4 Å². The number of rotatable bonds is 3. The van der Waals surface area contributed by atoms with Gasteiger partial charge >= 0.3 is 0 Å². The smallest absolute Gasteiger partial charge is 0.250 e. The minimum Gasteiger partial charge on any atom is -0.326 e. The van der Waals surface area contributed by atoms with Crippen LogP contribution in [0.15, 0.2) is 54.6 Å². The van der Waals surface area contributed by atoms with Crippen molar-refractivity contribution < 1.29 is 9.59 Å². The fourth-order valence-electron chi connectivity index (χ4n) is 2.90. The van der Waals surface area contributed by atoms with Gasteiger partial charge < -0.3 is 10.2 Å². The summed E-state index contributed by atoms with van der Waals surface area (Å²) >= 11 is 0. The quantitative estimate of drug-likeness (QED) is 0.878. The van der Waals surface area contributed by atoms with E-state index in [1.165, 1.54) is 12.5 Å². The number of hydrogen-bond acceptors (Lipinski definition) is 2. The number of para-hydroxylation sites is 1. The van der Waals surface area contributed by atoms with E-state index in [0.29, 0.717) is 0 Å². The lowest BCUT2D eigenvalue weighted by molar-refractivity contribution is -0.115. The van der Waals surface area contributed by atoms with Crippen LogP contribution in [-0.4, -0.2) is 18.4 Å². The molecule has 122 valence electrons. The van der Waals surface area contributed by atoms with Gasteiger partial charge in [-0.05, 0) is 48.2 Å². The maximum absolute atomic E-state index is 12.5. The van der Waals surface area contributed by atoms with E-state index in [-0.39, 0.29) is 11.8 Å². The van der Waals surface area contributed by atoms with Gasteiger partial charge in [-0.15, -0.1) is 0 Å². The lowest BCUT2D eigenvalue weighted by Gasteiger charge is -2.28. The third-order valence-electron chi connectivity index (χ3n) is 4.03. The zero-order chi connectivity index (χ0) is 16.9. The Balaban J connectivity index is 1.71. The van der Waals surface area contributed by atoms with Gasteiger partial charge in [-0.1, -0.05) is 30.3 Å². The Hall–Kier alpha value is -2.88. The highest BCUT2D eigenvalue weighted by Crippen LogP contribution is 2.27. The van der Waals surface area contributed by atoms with Crippen LogP contribution in [0, 0.1) is 0 Å². The van der Waals surface area contributed by atoms with Crippen molar-refractivity contribution in [1.29, 1.82) is 0 Å². The predicted octanol–water partition coefficient (Wildman–Crippen LogP) is 3.64. The highest BCUT2D eigenvalue weighted by atomic mass is 16.2. The van der Waals surface area contributed by atoms with Gasteiger partial charge in [0.1, 0.15) is 0 Å². The number of anilines is 2. The number of benzene rings is 2. The van der Waals surface area contributed by atoms with Crippen LogP contribution in [0.2, 0.25) is 0 Å². The van der Waals surface area contributed by atoms with Crippen LogP contribution in [0.5, 0.6) is 0 Å². The van der Waals surface area contributed by atoms with Crippen LogP contribution >= 0.6 is 0 Å². The maximum atomic E-state index is 12.5. The number of nitrogens with one attached hydrogen (secondary N) is 1. The average Bonchev–Trinajstić information content (AvgIpc) is 2.60. The molecule has 2 aromatic carbocycles. The van der Waals surface area contributed by atoms with Crippen LogP contribution in [-0.2, 0) is 16.0 Å². The second kappa shape index (κ2) is 7.13. The van der Waals surface area contributed by atoms with Crippen molar-refractivity contribution in [1.82, 2.24) is 0 Å². The van der Waals surface area contributed by atoms with Gasteiger partial charge in [0.25, 0.3) is 5.91 Å². The van der Waals surface area contributed by atoms with E-state index in [4.69, 9.17) is 0 Å². The molecule has 1 heterocycles. The molecule has 4 heteroatoms. The molecule has 0 saturated carbocycles. The van der Waals surface area contributed by atoms with Crippen LogP contribution < -0.4 is 10.2 Å². The van der Waals surface area contributed by atoms with Crippen LogP contribution in [0.3, 0.4) is 0 Å². The normalized spacial score (nSPS) is 13.6. The molecule has 1 aliphatic heterocycles. The molecule has 2 amide bonds. The molecular formula is C20H20N2O2. The van der Waals surface area contributed by atoms with Crippen LogP contribution in [0.25, 0.3) is 6.08 Å². The van der Waals surface area contributed by atoms with Crippen LogP contribution in [0.1, 0.15) is 24.5 Å². The Morgan fingerprint density at radius 1 is 1.08 bits per heavy atom. The van der Waals surface area contributed by atoms with Crippen molar-refractivity contribution >= 4 is 29.3 Å². The predicted molar refractivity (Wildman–Crippen MR) is 96.9 cm³/mol. The molecule has 0 saturated heterocycles. The third-order valence-corrected chi connectivity index (χ3v) is 4.03. The lowest BCUT2D eigenvalue weighted by Crippen LogP contribution is -2.34. The highest BCUT2D eigenvalue weighted by molar-refractivity contribution is 6.04. The number of fused-ring (bicyclic) bond motifs is 1. The summed E-state index contributed by atoms with van der Waals surface area (Å²) in [7, 11) is 0. The summed E-state index contributed by atoms with van der Waals surface area (Å²) in [6.07, 6.45) is 5.42. The first kappa shape index (κ1) is 16.0. The van der Waals surface area contributed by atoms with Crippen molar-refractivity contribution in [3.05, 3.63) is 65.7 Å². The summed E-state index contributed by atoms with van der Waals surface area (Å²) < 4.78 is 0. The molecule has 1 aliphatic rings. The molecule has 3 rings (SSSR count). The fraction of sp³-hybridized carbons (Fsp3) is 0.200. The van der Waals surface area contributed by atoms with E-state index in [9.17, 15) is 9.59 Å². The zero-order valence-electron chi connectivity index (χ0n) is 13.7. The van der Waals surface area contributed by atoms with E-state index >= 15 is 0 Å². The molecular weight excluding hydrogens is 300 g/mol. The largest absolute Gasteiger partial charge is 0.326 e. The van der Waals surface area contributed by atoms with Gasteiger partial charge in [0, 0.05) is 30.9 Å². The van der Waals surface area contributed by atoms with Gasteiger partial charge in [0.2, 0.25) is 5.91 Å². The molecule has 4 nitrogen and oxygen atoms in total. The number of amides is 2. The molecule has 0 unspecified atom stereocenters. The third kappa shape index (κ3) is 3.71. The van der Waals surface area contributed by atoms with Crippen molar-refractivity contribution in [2.75, 3.05) is 16.8 Å². The molecule has 0 bridgehead atoms. The van der Waals surface area contributed by atoms with Crippen molar-refractivity contribution in [2.24, 2.45) is 0 Å². The minimum atomic E-state index is -0.0998. The first-order valence-corrected chi connectivity index (χ1v) is 8.08. The number of carbonyl (C=O) groups excluding carboxylic acids is 2. The number of carbonyl (C=O) groups is 2. The van der Waals surface area contributed by atoms with Gasteiger partial charge in [0.05, 0.1) is 0 Å². The summed E-state index contributed by atoms with van der Waals surface area (Å²) in [6.45, 7) is 2.23. The average molecular weight is 320 g/mol. The molecule has 2 aromatic rings. The molecule has 0 radical (unpaired) electrons. The zero-order valence-corrected chi connectivity index (χ0v) is 13.7. The lowest BCUT2D eigenvalue weighted by atomic mass is 10.0. The summed E-state index contributed by atoms with van der Waals surface area (Å²) in [4.78, 5) is 25.4. The monoisotopic (exact) mass is 320 g/mol. The minimum absolute atomic E-state index is 0.00640. The second-order valence-electron chi connectivity index (χ2n) is 5.86. The van der Waals surface area contributed by atoms with Crippen molar-refractivity contribution in [3.63, 3.8) is 0 Å². The molecule has 1 N–H and O–H groups in total. The van der Waals surface area contributed by atoms with Crippen molar-refractivity contribution in [2.45, 2.75) is 19.8 Å². The molecule has 0 aromatic heterocycles. The van der Waals surface area contributed by atoms with Crippen LogP contribution in [0.4, 0.5) is 11.4 Å². The molecule has 0 fully saturated rings. The molecule has 0 aliphatic carbocycles. The van der Waals surface area contributed by atoms with E-state index in [1.54, 1.807) is 12.2 Å². The summed E-state index contributed by atoms with van der Waals surface area (Å²) in [6, 6.07) is 15.5. The molecule has 0 spiro atoms. The summed E-state index contributed by atoms with van der Waals surface area (Å²) in [5.41, 5.74) is 3.91. The highest BCUT2D eigenvalue weighted by Gasteiger charge is 2.20. The molecule has 0 atom stereocenters. The van der Waals surface area contributed by atoms with E-state index in [0.717, 1.165) is 36.3 Å². The number of aryl methyl sites for hydroxylation is 1. The van der Waals surface area contributed by atoms with Crippen molar-refractivity contribution in [3.8, 4) is 0 Å². The second-order valence-corrected chi connectivity index (χ2v) is 5.86. The SMILES string of the molecule is CC(=O)Nc1ccc(/C=C/C(=O)N2CCCc3ccccc32)cc1. The Morgan fingerprint density at radius 3 is 2.58 bits per heavy atom. The number of hydrogen-bond donors (Lipinski definition) is 1. The Bertz CT molecular complexity index is 778. The van der Waals surface area contributed by atoms with E-state index in [2.05, 4.69) is 11.4 Å². The summed E-state index contributed by atoms with van der Waals surface area (Å²) in [5, 5.41) is 2.72. The fourth-order valence-corrected chi connectivity index (χ4v) is 2.90.